The predicted molar refractivity (Wildman–Crippen MR) is 104 cm³/mol. The van der Waals surface area contributed by atoms with Gasteiger partial charge in [0, 0.05) is 38.0 Å². The fraction of sp³-hybridized carbons (Fsp3) is 0.300. The maximum absolute atomic E-state index is 12.1. The molecule has 0 saturated carbocycles. The van der Waals surface area contributed by atoms with Crippen LogP contribution in [-0.4, -0.2) is 44.5 Å². The average Bonchev–Trinajstić information content (AvgIpc) is 2.64. The van der Waals surface area contributed by atoms with E-state index < -0.39 is 0 Å². The fourth-order valence-corrected chi connectivity index (χ4v) is 2.40. The lowest BCUT2D eigenvalue weighted by molar-refractivity contribution is -0.128. The molecule has 2 rings (SSSR count). The van der Waals surface area contributed by atoms with E-state index in [9.17, 15) is 9.59 Å². The minimum absolute atomic E-state index is 0.0851. The van der Waals surface area contributed by atoms with Crippen molar-refractivity contribution in [3.05, 3.63) is 54.1 Å². The Bertz CT molecular complexity index is 759. The van der Waals surface area contributed by atoms with Crippen molar-refractivity contribution < 1.29 is 14.3 Å². The number of carbonyl (C=O) groups is 2. The van der Waals surface area contributed by atoms with Crippen molar-refractivity contribution in [3.8, 4) is 5.75 Å². The van der Waals surface area contributed by atoms with Crippen LogP contribution in [0.15, 0.2) is 48.5 Å². The van der Waals surface area contributed by atoms with Crippen LogP contribution >= 0.6 is 0 Å². The molecule has 0 unspecified atom stereocenters. The Labute approximate surface area is 154 Å². The summed E-state index contributed by atoms with van der Waals surface area (Å²) in [5.41, 5.74) is 2.55. The van der Waals surface area contributed by atoms with Gasteiger partial charge in [0.25, 0.3) is 0 Å². The summed E-state index contributed by atoms with van der Waals surface area (Å²) in [5, 5.41) is 5.93. The Balaban J connectivity index is 1.86. The van der Waals surface area contributed by atoms with Gasteiger partial charge in [0.1, 0.15) is 5.75 Å². The summed E-state index contributed by atoms with van der Waals surface area (Å²) in [4.78, 5) is 25.4. The van der Waals surface area contributed by atoms with E-state index in [0.717, 1.165) is 22.7 Å². The molecule has 0 aromatic heterocycles. The highest BCUT2D eigenvalue weighted by molar-refractivity contribution is 5.93. The first-order valence-corrected chi connectivity index (χ1v) is 8.45. The summed E-state index contributed by atoms with van der Waals surface area (Å²) in [5.74, 6) is 0.673. The van der Waals surface area contributed by atoms with Gasteiger partial charge in [0.15, 0.2) is 0 Å². The number of aryl methyl sites for hydroxylation is 1. The van der Waals surface area contributed by atoms with Crippen molar-refractivity contribution in [2.75, 3.05) is 38.4 Å². The zero-order valence-electron chi connectivity index (χ0n) is 15.4. The largest absolute Gasteiger partial charge is 0.497 e. The van der Waals surface area contributed by atoms with Gasteiger partial charge in [-0.1, -0.05) is 18.2 Å². The second-order valence-corrected chi connectivity index (χ2v) is 6.12. The second-order valence-electron chi connectivity index (χ2n) is 6.12. The van der Waals surface area contributed by atoms with Crippen LogP contribution in [-0.2, 0) is 16.0 Å². The van der Waals surface area contributed by atoms with E-state index in [4.69, 9.17) is 4.74 Å². The smallest absolute Gasteiger partial charge is 0.243 e. The molecular formula is C20H25N3O3. The molecule has 0 aliphatic carbocycles. The van der Waals surface area contributed by atoms with Gasteiger partial charge in [-0.15, -0.1) is 0 Å². The highest BCUT2D eigenvalue weighted by Gasteiger charge is 2.06. The van der Waals surface area contributed by atoms with Crippen molar-refractivity contribution >= 4 is 23.2 Å². The third-order valence-corrected chi connectivity index (χ3v) is 3.86. The van der Waals surface area contributed by atoms with Gasteiger partial charge < -0.3 is 20.3 Å². The molecule has 0 aliphatic rings. The fourth-order valence-electron chi connectivity index (χ4n) is 2.40. The van der Waals surface area contributed by atoms with Gasteiger partial charge in [-0.3, -0.25) is 9.59 Å². The summed E-state index contributed by atoms with van der Waals surface area (Å²) in [6.45, 7) is 0.149. The number of nitrogens with one attached hydrogen (secondary N) is 2. The molecule has 0 bridgehead atoms. The van der Waals surface area contributed by atoms with Gasteiger partial charge in [0.05, 0.1) is 13.7 Å². The number of rotatable bonds is 8. The molecule has 0 radical (unpaired) electrons. The van der Waals surface area contributed by atoms with Crippen LogP contribution in [0.1, 0.15) is 12.0 Å². The zero-order chi connectivity index (χ0) is 18.9. The molecule has 6 nitrogen and oxygen atoms in total. The molecule has 2 N–H and O–H groups in total. The van der Waals surface area contributed by atoms with Crippen LogP contribution in [0, 0.1) is 0 Å². The number of amides is 2. The molecule has 138 valence electrons. The molecule has 2 aromatic carbocycles. The van der Waals surface area contributed by atoms with Crippen molar-refractivity contribution in [1.29, 1.82) is 0 Å². The summed E-state index contributed by atoms with van der Waals surface area (Å²) >= 11 is 0. The molecule has 0 atom stereocenters. The first-order valence-electron chi connectivity index (χ1n) is 8.45. The molecule has 0 spiro atoms. The van der Waals surface area contributed by atoms with Crippen LogP contribution in [0.25, 0.3) is 0 Å². The van der Waals surface area contributed by atoms with Gasteiger partial charge in [0.2, 0.25) is 11.8 Å². The Morgan fingerprint density at radius 3 is 2.50 bits per heavy atom. The summed E-state index contributed by atoms with van der Waals surface area (Å²) in [6.07, 6.45) is 1.09. The minimum Gasteiger partial charge on any atom is -0.497 e. The highest BCUT2D eigenvalue weighted by Crippen LogP contribution is 2.17. The molecule has 0 fully saturated rings. The van der Waals surface area contributed by atoms with E-state index in [1.165, 1.54) is 0 Å². The first kappa shape index (κ1) is 19.3. The molecule has 6 heteroatoms. The molecule has 26 heavy (non-hydrogen) atoms. The van der Waals surface area contributed by atoms with Crippen LogP contribution in [0.2, 0.25) is 0 Å². The molecule has 2 amide bonds. The Morgan fingerprint density at radius 1 is 1.04 bits per heavy atom. The molecule has 0 aliphatic heterocycles. The van der Waals surface area contributed by atoms with E-state index in [2.05, 4.69) is 10.6 Å². The number of benzene rings is 2. The lowest BCUT2D eigenvalue weighted by atomic mass is 10.1. The van der Waals surface area contributed by atoms with Crippen molar-refractivity contribution in [2.45, 2.75) is 12.8 Å². The van der Waals surface area contributed by atoms with Crippen molar-refractivity contribution in [3.63, 3.8) is 0 Å². The molecule has 0 saturated heterocycles. The van der Waals surface area contributed by atoms with E-state index in [0.29, 0.717) is 12.8 Å². The number of ether oxygens (including phenoxy) is 1. The lowest BCUT2D eigenvalue weighted by Gasteiger charge is -2.11. The maximum atomic E-state index is 12.1. The van der Waals surface area contributed by atoms with Gasteiger partial charge >= 0.3 is 0 Å². The number of hydrogen-bond acceptors (Lipinski definition) is 4. The van der Waals surface area contributed by atoms with Gasteiger partial charge in [-0.25, -0.2) is 0 Å². The molecule has 2 aromatic rings. The summed E-state index contributed by atoms with van der Waals surface area (Å²) in [7, 11) is 5.09. The second kappa shape index (κ2) is 9.46. The minimum atomic E-state index is -0.144. The number of anilines is 2. The Morgan fingerprint density at radius 2 is 1.77 bits per heavy atom. The van der Waals surface area contributed by atoms with Crippen LogP contribution in [0.5, 0.6) is 5.75 Å². The standard InChI is InChI=1S/C20H25N3O3/c1-23(2)20(25)11-10-15-6-4-8-17(12-15)22-19(24)14-21-16-7-5-9-18(13-16)26-3/h4-9,12-13,21H,10-11,14H2,1-3H3,(H,22,24). The highest BCUT2D eigenvalue weighted by atomic mass is 16.5. The summed E-state index contributed by atoms with van der Waals surface area (Å²) in [6, 6.07) is 15.0. The molecular weight excluding hydrogens is 330 g/mol. The number of hydrogen-bond donors (Lipinski definition) is 2. The van der Waals surface area contributed by atoms with Gasteiger partial charge in [-0.05, 0) is 36.2 Å². The van der Waals surface area contributed by atoms with Crippen LogP contribution in [0.4, 0.5) is 11.4 Å². The van der Waals surface area contributed by atoms with E-state index in [1.807, 2.05) is 48.5 Å². The summed E-state index contributed by atoms with van der Waals surface area (Å²) < 4.78 is 5.16. The average molecular weight is 355 g/mol. The Hall–Kier alpha value is -3.02. The third-order valence-electron chi connectivity index (χ3n) is 3.86. The third kappa shape index (κ3) is 6.12. The number of nitrogens with zero attached hydrogens (tertiary/aromatic N) is 1. The monoisotopic (exact) mass is 355 g/mol. The topological polar surface area (TPSA) is 70.7 Å². The normalized spacial score (nSPS) is 10.1. The van der Waals surface area contributed by atoms with Crippen molar-refractivity contribution in [1.82, 2.24) is 4.90 Å². The quantitative estimate of drug-likeness (QED) is 0.764. The number of methoxy groups -OCH3 is 1. The number of carbonyl (C=O) groups excluding carboxylic acids is 2. The van der Waals surface area contributed by atoms with Gasteiger partial charge in [-0.2, -0.15) is 0 Å². The van der Waals surface area contributed by atoms with Crippen LogP contribution < -0.4 is 15.4 Å². The first-order chi connectivity index (χ1) is 12.5. The van der Waals surface area contributed by atoms with E-state index in [-0.39, 0.29) is 18.4 Å². The maximum Gasteiger partial charge on any atom is 0.243 e. The zero-order valence-corrected chi connectivity index (χ0v) is 15.4. The van der Waals surface area contributed by atoms with E-state index >= 15 is 0 Å². The Kier molecular flexibility index (Phi) is 7.02. The van der Waals surface area contributed by atoms with Crippen molar-refractivity contribution in [2.24, 2.45) is 0 Å². The van der Waals surface area contributed by atoms with E-state index in [1.54, 1.807) is 26.1 Å². The SMILES string of the molecule is COc1cccc(NCC(=O)Nc2cccc(CCC(=O)N(C)C)c2)c1. The van der Waals surface area contributed by atoms with Crippen LogP contribution in [0.3, 0.4) is 0 Å². The predicted octanol–water partition coefficient (Wildman–Crippen LogP) is 2.77. The lowest BCUT2D eigenvalue weighted by Crippen LogP contribution is -2.22. The molecule has 0 heterocycles.